The van der Waals surface area contributed by atoms with Gasteiger partial charge < -0.3 is 4.90 Å². The van der Waals surface area contributed by atoms with Crippen LogP contribution in [0, 0.1) is 13.8 Å². The number of halogens is 1. The predicted octanol–water partition coefficient (Wildman–Crippen LogP) is 4.18. The third-order valence-corrected chi connectivity index (χ3v) is 5.81. The Morgan fingerprint density at radius 1 is 1.14 bits per heavy atom. The van der Waals surface area contributed by atoms with Gasteiger partial charge in [0.25, 0.3) is 5.91 Å². The first-order valence-electron chi connectivity index (χ1n) is 9.91. The van der Waals surface area contributed by atoms with Gasteiger partial charge in [-0.05, 0) is 47.0 Å². The maximum atomic E-state index is 13.2. The van der Waals surface area contributed by atoms with Crippen molar-refractivity contribution in [3.63, 3.8) is 0 Å². The number of hydrogen-bond donors (Lipinski definition) is 0. The van der Waals surface area contributed by atoms with E-state index in [9.17, 15) is 4.79 Å². The largest absolute Gasteiger partial charge is 0.335 e. The standard InChI is InChI=1S/C23H25BrN4O/c1-17-15-20(24)16-28-21(18(2)25-22(17)28)23(29)27-13-11-26(12-14-27)10-6-9-19-7-4-3-5-8-19/h3-9,15-16H,10-14H2,1-2H3/b9-6+. The van der Waals surface area contributed by atoms with E-state index in [1.54, 1.807) is 0 Å². The minimum atomic E-state index is 0.0620. The predicted molar refractivity (Wildman–Crippen MR) is 120 cm³/mol. The van der Waals surface area contributed by atoms with Gasteiger partial charge in [0.2, 0.25) is 0 Å². The highest BCUT2D eigenvalue weighted by Crippen LogP contribution is 2.22. The Labute approximate surface area is 179 Å². The average molecular weight is 453 g/mol. The number of piperazine rings is 1. The van der Waals surface area contributed by atoms with Crippen LogP contribution in [0.15, 0.2) is 53.1 Å². The van der Waals surface area contributed by atoms with E-state index in [-0.39, 0.29) is 5.91 Å². The monoisotopic (exact) mass is 452 g/mol. The van der Waals surface area contributed by atoms with Crippen molar-refractivity contribution in [2.45, 2.75) is 13.8 Å². The van der Waals surface area contributed by atoms with E-state index in [0.717, 1.165) is 54.1 Å². The molecule has 0 atom stereocenters. The van der Waals surface area contributed by atoms with Gasteiger partial charge in [0.15, 0.2) is 0 Å². The summed E-state index contributed by atoms with van der Waals surface area (Å²) in [5.41, 5.74) is 4.56. The van der Waals surface area contributed by atoms with Crippen LogP contribution in [0.25, 0.3) is 11.7 Å². The lowest BCUT2D eigenvalue weighted by Gasteiger charge is -2.34. The van der Waals surface area contributed by atoms with Crippen LogP contribution in [-0.4, -0.2) is 57.8 Å². The van der Waals surface area contributed by atoms with Crippen molar-refractivity contribution >= 4 is 33.6 Å². The first-order chi connectivity index (χ1) is 14.0. The molecule has 1 aliphatic heterocycles. The van der Waals surface area contributed by atoms with Gasteiger partial charge >= 0.3 is 0 Å². The van der Waals surface area contributed by atoms with Crippen LogP contribution in [0.4, 0.5) is 0 Å². The van der Waals surface area contributed by atoms with Crippen molar-refractivity contribution in [2.24, 2.45) is 0 Å². The average Bonchev–Trinajstić information content (AvgIpc) is 3.05. The fraction of sp³-hybridized carbons (Fsp3) is 0.304. The molecule has 0 unspecified atom stereocenters. The van der Waals surface area contributed by atoms with E-state index in [1.165, 1.54) is 5.56 Å². The van der Waals surface area contributed by atoms with E-state index >= 15 is 0 Å². The first-order valence-corrected chi connectivity index (χ1v) is 10.7. The molecule has 3 heterocycles. The molecule has 1 aromatic carbocycles. The van der Waals surface area contributed by atoms with Crippen LogP contribution >= 0.6 is 15.9 Å². The van der Waals surface area contributed by atoms with Crippen molar-refractivity contribution < 1.29 is 4.79 Å². The summed E-state index contributed by atoms with van der Waals surface area (Å²) in [5, 5.41) is 0. The fourth-order valence-electron chi connectivity index (χ4n) is 3.82. The van der Waals surface area contributed by atoms with Gasteiger partial charge in [0.1, 0.15) is 11.3 Å². The second-order valence-electron chi connectivity index (χ2n) is 7.49. The number of pyridine rings is 1. The zero-order valence-corrected chi connectivity index (χ0v) is 18.4. The lowest BCUT2D eigenvalue weighted by Crippen LogP contribution is -2.49. The highest BCUT2D eigenvalue weighted by Gasteiger charge is 2.26. The summed E-state index contributed by atoms with van der Waals surface area (Å²) in [6, 6.07) is 12.4. The van der Waals surface area contributed by atoms with Gasteiger partial charge in [0.05, 0.1) is 5.69 Å². The normalized spacial score (nSPS) is 15.5. The highest BCUT2D eigenvalue weighted by molar-refractivity contribution is 9.10. The number of carbonyl (C=O) groups excluding carboxylic acids is 1. The zero-order chi connectivity index (χ0) is 20.4. The second-order valence-corrected chi connectivity index (χ2v) is 8.40. The molecular weight excluding hydrogens is 428 g/mol. The molecular formula is C23H25BrN4O. The fourth-order valence-corrected chi connectivity index (χ4v) is 4.37. The van der Waals surface area contributed by atoms with E-state index in [1.807, 2.05) is 53.6 Å². The highest BCUT2D eigenvalue weighted by atomic mass is 79.9. The van der Waals surface area contributed by atoms with E-state index in [0.29, 0.717) is 5.69 Å². The van der Waals surface area contributed by atoms with Gasteiger partial charge in [-0.1, -0.05) is 42.5 Å². The van der Waals surface area contributed by atoms with E-state index in [4.69, 9.17) is 0 Å². The van der Waals surface area contributed by atoms with Crippen LogP contribution < -0.4 is 0 Å². The Morgan fingerprint density at radius 3 is 2.59 bits per heavy atom. The molecule has 29 heavy (non-hydrogen) atoms. The topological polar surface area (TPSA) is 40.9 Å². The second kappa shape index (κ2) is 8.51. The summed E-state index contributed by atoms with van der Waals surface area (Å²) in [4.78, 5) is 22.2. The molecule has 3 aromatic rings. The molecule has 0 N–H and O–H groups in total. The number of carbonyl (C=O) groups is 1. The van der Waals surface area contributed by atoms with Crippen LogP contribution in [0.5, 0.6) is 0 Å². The molecule has 0 radical (unpaired) electrons. The summed E-state index contributed by atoms with van der Waals surface area (Å²) in [6.45, 7) is 8.06. The summed E-state index contributed by atoms with van der Waals surface area (Å²) in [6.07, 6.45) is 6.28. The number of hydrogen-bond acceptors (Lipinski definition) is 3. The molecule has 0 saturated carbocycles. The molecule has 4 rings (SSSR count). The molecule has 1 fully saturated rings. The van der Waals surface area contributed by atoms with Gasteiger partial charge in [-0.15, -0.1) is 0 Å². The Bertz CT molecular complexity index is 1050. The minimum absolute atomic E-state index is 0.0620. The number of rotatable bonds is 4. The quantitative estimate of drug-likeness (QED) is 0.595. The Balaban J connectivity index is 1.41. The molecule has 0 bridgehead atoms. The number of benzene rings is 1. The summed E-state index contributed by atoms with van der Waals surface area (Å²) < 4.78 is 2.87. The van der Waals surface area contributed by atoms with Gasteiger partial charge in [-0.25, -0.2) is 4.98 Å². The first kappa shape index (κ1) is 19.9. The van der Waals surface area contributed by atoms with E-state index in [2.05, 4.69) is 50.1 Å². The minimum Gasteiger partial charge on any atom is -0.335 e. The Hall–Kier alpha value is -2.44. The molecule has 150 valence electrons. The number of fused-ring (bicyclic) bond motifs is 1. The zero-order valence-electron chi connectivity index (χ0n) is 16.8. The van der Waals surface area contributed by atoms with Crippen LogP contribution in [0.3, 0.4) is 0 Å². The molecule has 2 aromatic heterocycles. The molecule has 1 aliphatic rings. The van der Waals surface area contributed by atoms with Crippen molar-refractivity contribution in [3.8, 4) is 0 Å². The Morgan fingerprint density at radius 2 is 1.86 bits per heavy atom. The van der Waals surface area contributed by atoms with E-state index < -0.39 is 0 Å². The van der Waals surface area contributed by atoms with Crippen LogP contribution in [-0.2, 0) is 0 Å². The van der Waals surface area contributed by atoms with Gasteiger partial charge in [-0.3, -0.25) is 14.1 Å². The molecule has 0 aliphatic carbocycles. The van der Waals surface area contributed by atoms with Crippen molar-refractivity contribution in [2.75, 3.05) is 32.7 Å². The summed E-state index contributed by atoms with van der Waals surface area (Å²) in [5.74, 6) is 0.0620. The number of aryl methyl sites for hydroxylation is 2. The molecule has 1 saturated heterocycles. The van der Waals surface area contributed by atoms with Crippen molar-refractivity contribution in [1.82, 2.24) is 19.2 Å². The summed E-state index contributed by atoms with van der Waals surface area (Å²) in [7, 11) is 0. The third-order valence-electron chi connectivity index (χ3n) is 5.38. The molecule has 5 nitrogen and oxygen atoms in total. The van der Waals surface area contributed by atoms with Crippen LogP contribution in [0.1, 0.15) is 27.3 Å². The molecule has 1 amide bonds. The molecule has 6 heteroatoms. The van der Waals surface area contributed by atoms with Crippen molar-refractivity contribution in [3.05, 3.63) is 75.7 Å². The SMILES string of the molecule is Cc1nc2c(C)cc(Br)cn2c1C(=O)N1CCN(C/C=C/c2ccccc2)CC1. The lowest BCUT2D eigenvalue weighted by molar-refractivity contribution is 0.0642. The number of aromatic nitrogens is 2. The maximum Gasteiger partial charge on any atom is 0.272 e. The molecule has 0 spiro atoms. The summed E-state index contributed by atoms with van der Waals surface area (Å²) >= 11 is 3.53. The number of nitrogens with zero attached hydrogens (tertiary/aromatic N) is 4. The van der Waals surface area contributed by atoms with Crippen LogP contribution in [0.2, 0.25) is 0 Å². The Kier molecular flexibility index (Phi) is 5.83. The van der Waals surface area contributed by atoms with Crippen molar-refractivity contribution in [1.29, 1.82) is 0 Å². The maximum absolute atomic E-state index is 13.2. The smallest absolute Gasteiger partial charge is 0.272 e. The van der Waals surface area contributed by atoms with Gasteiger partial charge in [-0.2, -0.15) is 0 Å². The number of imidazole rings is 1. The third kappa shape index (κ3) is 4.28. The number of amides is 1. The lowest BCUT2D eigenvalue weighted by atomic mass is 10.2. The van der Waals surface area contributed by atoms with Gasteiger partial charge in [0, 0.05) is 43.4 Å².